The summed E-state index contributed by atoms with van der Waals surface area (Å²) >= 11 is 0. The smallest absolute Gasteiger partial charge is 0.126 e. The average molecular weight is 274 g/mol. The monoisotopic (exact) mass is 274 g/mol. The Balaban J connectivity index is 3.18. The highest BCUT2D eigenvalue weighted by Gasteiger charge is 2.09. The van der Waals surface area contributed by atoms with E-state index in [4.69, 9.17) is 9.47 Å². The van der Waals surface area contributed by atoms with Gasteiger partial charge < -0.3 is 9.47 Å². The van der Waals surface area contributed by atoms with E-state index in [0.717, 1.165) is 24.3 Å². The number of methoxy groups -OCH3 is 2. The van der Waals surface area contributed by atoms with Gasteiger partial charge in [-0.3, -0.25) is 0 Å². The zero-order valence-corrected chi connectivity index (χ0v) is 13.5. The molecule has 0 saturated heterocycles. The predicted molar refractivity (Wildman–Crippen MR) is 85.8 cm³/mol. The molecular weight excluding hydrogens is 248 g/mol. The van der Waals surface area contributed by atoms with Crippen LogP contribution in [-0.4, -0.2) is 14.2 Å². The Labute approximate surface area is 123 Å². The van der Waals surface area contributed by atoms with Gasteiger partial charge in [0.2, 0.25) is 0 Å². The quantitative estimate of drug-likeness (QED) is 0.699. The van der Waals surface area contributed by atoms with Crippen molar-refractivity contribution in [3.05, 3.63) is 46.6 Å². The zero-order valence-electron chi connectivity index (χ0n) is 13.5. The molecule has 0 fully saturated rings. The molecule has 2 heteroatoms. The third-order valence-corrected chi connectivity index (χ3v) is 3.14. The van der Waals surface area contributed by atoms with Gasteiger partial charge in [0, 0.05) is 6.07 Å². The molecule has 1 rings (SSSR count). The predicted octanol–water partition coefficient (Wildman–Crippen LogP) is 4.72. The molecule has 110 valence electrons. The molecule has 0 heterocycles. The van der Waals surface area contributed by atoms with Crippen molar-refractivity contribution in [1.29, 1.82) is 0 Å². The Bertz CT molecular complexity index is 459. The molecule has 0 atom stereocenters. The van der Waals surface area contributed by atoms with Crippen LogP contribution in [0, 0.1) is 0 Å². The van der Waals surface area contributed by atoms with Gasteiger partial charge in [-0.25, -0.2) is 0 Å². The maximum Gasteiger partial charge on any atom is 0.126 e. The van der Waals surface area contributed by atoms with Crippen molar-refractivity contribution in [2.45, 2.75) is 40.5 Å². The van der Waals surface area contributed by atoms with E-state index in [0.29, 0.717) is 0 Å². The number of hydrogen-bond donors (Lipinski definition) is 0. The molecular formula is C18H26O2. The Hall–Kier alpha value is -1.70. The first-order valence-electron chi connectivity index (χ1n) is 6.98. The number of hydrogen-bond acceptors (Lipinski definition) is 2. The van der Waals surface area contributed by atoms with Crippen LogP contribution in [0.1, 0.15) is 38.8 Å². The summed E-state index contributed by atoms with van der Waals surface area (Å²) in [4.78, 5) is 0. The second-order valence-corrected chi connectivity index (χ2v) is 5.45. The van der Waals surface area contributed by atoms with Crippen molar-refractivity contribution in [3.63, 3.8) is 0 Å². The highest BCUT2D eigenvalue weighted by atomic mass is 16.5. The maximum absolute atomic E-state index is 5.48. The van der Waals surface area contributed by atoms with E-state index in [1.165, 1.54) is 22.3 Å². The fourth-order valence-electron chi connectivity index (χ4n) is 1.98. The molecule has 0 aromatic heterocycles. The first kappa shape index (κ1) is 16.4. The van der Waals surface area contributed by atoms with E-state index in [9.17, 15) is 0 Å². The summed E-state index contributed by atoms with van der Waals surface area (Å²) in [6, 6.07) is 4.18. The molecule has 2 nitrogen and oxygen atoms in total. The largest absolute Gasteiger partial charge is 0.496 e. The van der Waals surface area contributed by atoms with Gasteiger partial charge in [-0.15, -0.1) is 0 Å². The van der Waals surface area contributed by atoms with Gasteiger partial charge in [0.05, 0.1) is 14.2 Å². The molecule has 0 aliphatic heterocycles. The minimum Gasteiger partial charge on any atom is -0.496 e. The lowest BCUT2D eigenvalue weighted by molar-refractivity contribution is 0.389. The van der Waals surface area contributed by atoms with Crippen molar-refractivity contribution >= 4 is 0 Å². The van der Waals surface area contributed by atoms with Crippen molar-refractivity contribution < 1.29 is 9.47 Å². The molecule has 0 spiro atoms. The third kappa shape index (κ3) is 4.76. The normalized spacial score (nSPS) is 9.90. The van der Waals surface area contributed by atoms with Gasteiger partial charge in [0.25, 0.3) is 0 Å². The summed E-state index contributed by atoms with van der Waals surface area (Å²) in [6.07, 6.45) is 6.21. The molecule has 20 heavy (non-hydrogen) atoms. The van der Waals surface area contributed by atoms with Gasteiger partial charge in [-0.1, -0.05) is 23.3 Å². The van der Waals surface area contributed by atoms with Crippen LogP contribution in [0.15, 0.2) is 35.4 Å². The first-order chi connectivity index (χ1) is 9.47. The molecule has 0 unspecified atom stereocenters. The van der Waals surface area contributed by atoms with E-state index < -0.39 is 0 Å². The van der Waals surface area contributed by atoms with Gasteiger partial charge in [-0.2, -0.15) is 0 Å². The number of benzene rings is 1. The zero-order chi connectivity index (χ0) is 15.1. The summed E-state index contributed by atoms with van der Waals surface area (Å²) < 4.78 is 11.0. The number of allylic oxidation sites excluding steroid dienone is 4. The summed E-state index contributed by atoms with van der Waals surface area (Å²) in [7, 11) is 3.41. The van der Waals surface area contributed by atoms with Crippen LogP contribution < -0.4 is 9.47 Å². The van der Waals surface area contributed by atoms with Crippen LogP contribution in [0.5, 0.6) is 11.5 Å². The Morgan fingerprint density at radius 2 is 1.20 bits per heavy atom. The standard InChI is InChI=1S/C18H26O2/c1-13(2)7-9-15-11-16(10-8-14(3)4)18(20-6)12-17(15)19-5/h7-8,11-12H,9-10H2,1-6H3. The van der Waals surface area contributed by atoms with Gasteiger partial charge in [0.1, 0.15) is 11.5 Å². The van der Waals surface area contributed by atoms with Crippen molar-refractivity contribution in [2.75, 3.05) is 14.2 Å². The van der Waals surface area contributed by atoms with Gasteiger partial charge >= 0.3 is 0 Å². The molecule has 0 aliphatic carbocycles. The number of rotatable bonds is 6. The van der Waals surface area contributed by atoms with Crippen LogP contribution in [0.4, 0.5) is 0 Å². The molecule has 1 aromatic carbocycles. The average Bonchev–Trinajstić information content (AvgIpc) is 2.42. The second kappa shape index (κ2) is 7.78. The fourth-order valence-corrected chi connectivity index (χ4v) is 1.98. The lowest BCUT2D eigenvalue weighted by Gasteiger charge is -2.13. The second-order valence-electron chi connectivity index (χ2n) is 5.45. The van der Waals surface area contributed by atoms with Gasteiger partial charge in [0.15, 0.2) is 0 Å². The Morgan fingerprint density at radius 3 is 1.50 bits per heavy atom. The fraction of sp³-hybridized carbons (Fsp3) is 0.444. The molecule has 1 aromatic rings. The van der Waals surface area contributed by atoms with Crippen LogP contribution in [0.3, 0.4) is 0 Å². The van der Waals surface area contributed by atoms with Crippen LogP contribution >= 0.6 is 0 Å². The maximum atomic E-state index is 5.48. The lowest BCUT2D eigenvalue weighted by Crippen LogP contribution is -1.98. The minimum absolute atomic E-state index is 0.886. The van der Waals surface area contributed by atoms with Crippen molar-refractivity contribution in [1.82, 2.24) is 0 Å². The van der Waals surface area contributed by atoms with E-state index in [1.807, 2.05) is 6.07 Å². The summed E-state index contributed by atoms with van der Waals surface area (Å²) in [5.41, 5.74) is 5.03. The molecule has 0 bridgehead atoms. The van der Waals surface area contributed by atoms with Gasteiger partial charge in [-0.05, 0) is 57.7 Å². The summed E-state index contributed by atoms with van der Waals surface area (Å²) in [5, 5.41) is 0. The minimum atomic E-state index is 0.886. The van der Waals surface area contributed by atoms with Crippen molar-refractivity contribution in [3.8, 4) is 11.5 Å². The molecule has 0 aliphatic rings. The topological polar surface area (TPSA) is 18.5 Å². The summed E-state index contributed by atoms with van der Waals surface area (Å²) in [5.74, 6) is 1.78. The molecule has 0 radical (unpaired) electrons. The van der Waals surface area contributed by atoms with Crippen LogP contribution in [-0.2, 0) is 12.8 Å². The van der Waals surface area contributed by atoms with E-state index in [-0.39, 0.29) is 0 Å². The highest BCUT2D eigenvalue weighted by molar-refractivity contribution is 5.48. The Kier molecular flexibility index (Phi) is 6.37. The van der Waals surface area contributed by atoms with Crippen LogP contribution in [0.2, 0.25) is 0 Å². The van der Waals surface area contributed by atoms with E-state index >= 15 is 0 Å². The van der Waals surface area contributed by atoms with E-state index in [1.54, 1.807) is 14.2 Å². The molecule has 0 amide bonds. The third-order valence-electron chi connectivity index (χ3n) is 3.14. The summed E-state index contributed by atoms with van der Waals surface area (Å²) in [6.45, 7) is 8.44. The highest BCUT2D eigenvalue weighted by Crippen LogP contribution is 2.30. The first-order valence-corrected chi connectivity index (χ1v) is 6.98. The SMILES string of the molecule is COc1cc(OC)c(CC=C(C)C)cc1CC=C(C)C. The van der Waals surface area contributed by atoms with Crippen LogP contribution in [0.25, 0.3) is 0 Å². The van der Waals surface area contributed by atoms with Crippen molar-refractivity contribution in [2.24, 2.45) is 0 Å². The molecule has 0 saturated carbocycles. The molecule has 0 N–H and O–H groups in total. The lowest BCUT2D eigenvalue weighted by atomic mass is 10.0. The number of ether oxygens (including phenoxy) is 2. The Morgan fingerprint density at radius 1 is 0.800 bits per heavy atom. The van der Waals surface area contributed by atoms with E-state index in [2.05, 4.69) is 45.9 Å².